The first-order valence-electron chi connectivity index (χ1n) is 10.7. The van der Waals surface area contributed by atoms with Gasteiger partial charge in [0.2, 0.25) is 21.8 Å². The Kier molecular flexibility index (Phi) is 8.71. The van der Waals surface area contributed by atoms with Crippen molar-refractivity contribution in [1.82, 2.24) is 10.2 Å². The quantitative estimate of drug-likeness (QED) is 0.582. The maximum Gasteiger partial charge on any atom is 0.244 e. The molecule has 0 fully saturated rings. The summed E-state index contributed by atoms with van der Waals surface area (Å²) in [7, 11) is -3.88. The molecule has 1 atom stereocenters. The van der Waals surface area contributed by atoms with Gasteiger partial charge in [-0.2, -0.15) is 0 Å². The molecule has 0 radical (unpaired) electrons. The predicted molar refractivity (Wildman–Crippen MR) is 133 cm³/mol. The lowest BCUT2D eigenvalue weighted by Gasteiger charge is -2.33. The molecule has 2 aromatic carbocycles. The zero-order chi connectivity index (χ0) is 25.8. The van der Waals surface area contributed by atoms with E-state index in [2.05, 4.69) is 5.32 Å². The first kappa shape index (κ1) is 27.6. The Morgan fingerprint density at radius 3 is 2.29 bits per heavy atom. The van der Waals surface area contributed by atoms with Gasteiger partial charge in [-0.1, -0.05) is 35.9 Å². The molecule has 0 aromatic heterocycles. The highest BCUT2D eigenvalue weighted by molar-refractivity contribution is 7.92. The summed E-state index contributed by atoms with van der Waals surface area (Å²) in [5.74, 6) is -1.64. The van der Waals surface area contributed by atoms with Gasteiger partial charge in [0, 0.05) is 22.7 Å². The number of sulfonamides is 1. The van der Waals surface area contributed by atoms with E-state index in [9.17, 15) is 22.4 Å². The second-order valence-corrected chi connectivity index (χ2v) is 11.5. The molecule has 2 aromatic rings. The maximum absolute atomic E-state index is 14.4. The third-order valence-electron chi connectivity index (χ3n) is 5.09. The summed E-state index contributed by atoms with van der Waals surface area (Å²) in [6.45, 7) is 7.89. The number of nitrogens with one attached hydrogen (secondary N) is 1. The number of amides is 2. The highest BCUT2D eigenvalue weighted by Crippen LogP contribution is 2.25. The molecule has 0 heterocycles. The second-order valence-electron chi connectivity index (χ2n) is 9.23. The molecule has 0 aliphatic heterocycles. The van der Waals surface area contributed by atoms with E-state index in [1.807, 2.05) is 0 Å². The summed E-state index contributed by atoms with van der Waals surface area (Å²) in [5, 5.41) is 3.15. The fourth-order valence-electron chi connectivity index (χ4n) is 3.22. The van der Waals surface area contributed by atoms with Gasteiger partial charge < -0.3 is 10.2 Å². The first-order chi connectivity index (χ1) is 15.6. The van der Waals surface area contributed by atoms with Crippen molar-refractivity contribution in [2.75, 3.05) is 17.1 Å². The minimum Gasteiger partial charge on any atom is -0.350 e. The zero-order valence-electron chi connectivity index (χ0n) is 20.2. The van der Waals surface area contributed by atoms with Gasteiger partial charge in [-0.15, -0.1) is 0 Å². The van der Waals surface area contributed by atoms with Gasteiger partial charge in [-0.25, -0.2) is 12.8 Å². The molecule has 0 unspecified atom stereocenters. The fourth-order valence-corrected chi connectivity index (χ4v) is 4.23. The van der Waals surface area contributed by atoms with Crippen LogP contribution in [0.5, 0.6) is 0 Å². The van der Waals surface area contributed by atoms with Crippen molar-refractivity contribution in [1.29, 1.82) is 0 Å². The van der Waals surface area contributed by atoms with Crippen LogP contribution in [0.1, 0.15) is 38.8 Å². The Hall–Kier alpha value is -2.65. The van der Waals surface area contributed by atoms with Crippen LogP contribution in [-0.2, 0) is 26.2 Å². The average molecular weight is 512 g/mol. The zero-order valence-corrected chi connectivity index (χ0v) is 21.8. The van der Waals surface area contributed by atoms with Crippen molar-refractivity contribution >= 4 is 39.1 Å². The minimum absolute atomic E-state index is 0.204. The molecule has 0 aliphatic carbocycles. The summed E-state index contributed by atoms with van der Waals surface area (Å²) in [4.78, 5) is 27.5. The Balaban J connectivity index is 2.44. The SMILES string of the molecule is Cc1ccc(N(CC(=O)N(Cc2ccccc2F)[C@@H](C)C(=O)NC(C)(C)C)S(C)(=O)=O)cc1Cl. The molecule has 34 heavy (non-hydrogen) atoms. The van der Waals surface area contributed by atoms with E-state index < -0.39 is 45.8 Å². The van der Waals surface area contributed by atoms with Gasteiger partial charge in [0.1, 0.15) is 18.4 Å². The fraction of sp³-hybridized carbons (Fsp3) is 0.417. The number of benzene rings is 2. The van der Waals surface area contributed by atoms with Gasteiger partial charge in [-0.05, 0) is 58.4 Å². The molecule has 1 N–H and O–H groups in total. The van der Waals surface area contributed by atoms with Gasteiger partial charge in [0.25, 0.3) is 0 Å². The molecule has 2 rings (SSSR count). The van der Waals surface area contributed by atoms with Crippen molar-refractivity contribution in [2.45, 2.75) is 52.7 Å². The number of hydrogen-bond donors (Lipinski definition) is 1. The third-order valence-corrected chi connectivity index (χ3v) is 6.63. The molecular weight excluding hydrogens is 481 g/mol. The summed E-state index contributed by atoms with van der Waals surface area (Å²) in [6.07, 6.45) is 0.977. The molecule has 186 valence electrons. The number of halogens is 2. The Bertz CT molecular complexity index is 1170. The van der Waals surface area contributed by atoms with E-state index in [-0.39, 0.29) is 17.8 Å². The summed E-state index contributed by atoms with van der Waals surface area (Å²) in [5.41, 5.74) is 0.605. The van der Waals surface area contributed by atoms with Gasteiger partial charge >= 0.3 is 0 Å². The van der Waals surface area contributed by atoms with E-state index in [4.69, 9.17) is 11.6 Å². The minimum atomic E-state index is -3.88. The molecule has 0 spiro atoms. The average Bonchev–Trinajstić information content (AvgIpc) is 2.70. The van der Waals surface area contributed by atoms with Crippen LogP contribution in [0.3, 0.4) is 0 Å². The number of nitrogens with zero attached hydrogens (tertiary/aromatic N) is 2. The molecule has 7 nitrogen and oxygen atoms in total. The lowest BCUT2D eigenvalue weighted by atomic mass is 10.1. The molecule has 0 saturated carbocycles. The largest absolute Gasteiger partial charge is 0.350 e. The van der Waals surface area contributed by atoms with Crippen molar-refractivity contribution < 1.29 is 22.4 Å². The van der Waals surface area contributed by atoms with E-state index in [1.54, 1.807) is 45.9 Å². The van der Waals surface area contributed by atoms with Gasteiger partial charge in [0.15, 0.2) is 0 Å². The van der Waals surface area contributed by atoms with Crippen molar-refractivity contribution in [3.8, 4) is 0 Å². The van der Waals surface area contributed by atoms with Crippen LogP contribution < -0.4 is 9.62 Å². The number of carbonyl (C=O) groups excluding carboxylic acids is 2. The van der Waals surface area contributed by atoms with Crippen molar-refractivity contribution in [3.05, 3.63) is 64.4 Å². The lowest BCUT2D eigenvalue weighted by molar-refractivity contribution is -0.140. The Morgan fingerprint density at radius 1 is 1.15 bits per heavy atom. The first-order valence-corrected chi connectivity index (χ1v) is 12.9. The second kappa shape index (κ2) is 10.7. The van der Waals surface area contributed by atoms with Crippen LogP contribution in [0.4, 0.5) is 10.1 Å². The van der Waals surface area contributed by atoms with Gasteiger partial charge in [0.05, 0.1) is 11.9 Å². The third kappa shape index (κ3) is 7.43. The van der Waals surface area contributed by atoms with E-state index in [1.165, 1.54) is 36.1 Å². The van der Waals surface area contributed by atoms with Crippen LogP contribution in [-0.4, -0.2) is 49.5 Å². The van der Waals surface area contributed by atoms with Crippen molar-refractivity contribution in [3.63, 3.8) is 0 Å². The smallest absolute Gasteiger partial charge is 0.244 e. The number of aryl methyl sites for hydroxylation is 1. The lowest BCUT2D eigenvalue weighted by Crippen LogP contribution is -2.54. The topological polar surface area (TPSA) is 86.8 Å². The highest BCUT2D eigenvalue weighted by Gasteiger charge is 2.31. The van der Waals surface area contributed by atoms with Crippen LogP contribution in [0.2, 0.25) is 5.02 Å². The number of carbonyl (C=O) groups is 2. The molecule has 0 bridgehead atoms. The molecule has 0 aliphatic rings. The van der Waals surface area contributed by atoms with Gasteiger partial charge in [-0.3, -0.25) is 13.9 Å². The predicted octanol–water partition coefficient (Wildman–Crippen LogP) is 3.89. The molecule has 2 amide bonds. The number of hydrogen-bond acceptors (Lipinski definition) is 4. The normalized spacial score (nSPS) is 12.7. The summed E-state index contributed by atoms with van der Waals surface area (Å²) < 4.78 is 40.4. The van der Waals surface area contributed by atoms with E-state index >= 15 is 0 Å². The number of anilines is 1. The standard InChI is InChI=1S/C24H31ClFN3O4S/c1-16-11-12-19(13-20(16)25)29(34(6,32)33)15-22(30)28(14-18-9-7-8-10-21(18)26)17(2)23(31)27-24(3,4)5/h7-13,17H,14-15H2,1-6H3,(H,27,31)/t17-/m0/s1. The molecule has 0 saturated heterocycles. The van der Waals surface area contributed by atoms with Crippen LogP contribution >= 0.6 is 11.6 Å². The van der Waals surface area contributed by atoms with Crippen LogP contribution in [0.15, 0.2) is 42.5 Å². The van der Waals surface area contributed by atoms with Crippen LogP contribution in [0.25, 0.3) is 0 Å². The highest BCUT2D eigenvalue weighted by atomic mass is 35.5. The van der Waals surface area contributed by atoms with Crippen molar-refractivity contribution in [2.24, 2.45) is 0 Å². The molecular formula is C24H31ClFN3O4S. The van der Waals surface area contributed by atoms with E-state index in [0.717, 1.165) is 16.1 Å². The summed E-state index contributed by atoms with van der Waals surface area (Å²) in [6, 6.07) is 9.58. The van der Waals surface area contributed by atoms with Crippen LogP contribution in [0, 0.1) is 12.7 Å². The monoisotopic (exact) mass is 511 g/mol. The maximum atomic E-state index is 14.4. The molecule has 10 heteroatoms. The number of rotatable bonds is 8. The Morgan fingerprint density at radius 2 is 1.76 bits per heavy atom. The Labute approximate surface area is 205 Å². The summed E-state index contributed by atoms with van der Waals surface area (Å²) >= 11 is 6.17. The van der Waals surface area contributed by atoms with E-state index in [0.29, 0.717) is 5.02 Å².